The van der Waals surface area contributed by atoms with Gasteiger partial charge in [0.2, 0.25) is 0 Å². The Morgan fingerprint density at radius 3 is 2.26 bits per heavy atom. The Labute approximate surface area is 125 Å². The number of hydrogen-bond acceptors (Lipinski definition) is 1. The van der Waals surface area contributed by atoms with Crippen LogP contribution in [0.5, 0.6) is 0 Å². The van der Waals surface area contributed by atoms with Crippen LogP contribution in [0.25, 0.3) is 0 Å². The number of halogens is 2. The molecule has 3 rings (SSSR count). The molecule has 1 N–H and O–H groups in total. The van der Waals surface area contributed by atoms with Crippen LogP contribution in [0, 0.1) is 16.7 Å². The van der Waals surface area contributed by atoms with Crippen LogP contribution < -0.4 is 5.32 Å². The third-order valence-corrected chi connectivity index (χ3v) is 5.88. The molecular weight excluding hydrogens is 277 g/mol. The molecule has 0 amide bonds. The van der Waals surface area contributed by atoms with Gasteiger partial charge in [0.05, 0.1) is 0 Å². The Bertz CT molecular complexity index is 486. The second-order valence-electron chi connectivity index (χ2n) is 7.15. The second kappa shape index (κ2) is 4.30. The first-order valence-corrected chi connectivity index (χ1v) is 7.79. The number of hydrogen-bond donors (Lipinski definition) is 1. The molecule has 2 aliphatic rings. The summed E-state index contributed by atoms with van der Waals surface area (Å²) in [6, 6.07) is 6.22. The van der Waals surface area contributed by atoms with E-state index in [2.05, 4.69) is 26.1 Å². The molecule has 1 aromatic rings. The van der Waals surface area contributed by atoms with Crippen LogP contribution in [0.4, 0.5) is 5.69 Å². The summed E-state index contributed by atoms with van der Waals surface area (Å²) < 4.78 is 0. The maximum atomic E-state index is 6.10. The number of anilines is 1. The van der Waals surface area contributed by atoms with E-state index in [1.165, 1.54) is 19.3 Å². The van der Waals surface area contributed by atoms with E-state index in [0.717, 1.165) is 11.6 Å². The highest BCUT2D eigenvalue weighted by molar-refractivity contribution is 6.35. The summed E-state index contributed by atoms with van der Waals surface area (Å²) in [7, 11) is 0. The van der Waals surface area contributed by atoms with Gasteiger partial charge in [-0.3, -0.25) is 0 Å². The highest BCUT2D eigenvalue weighted by atomic mass is 35.5. The van der Waals surface area contributed by atoms with Gasteiger partial charge in [0.15, 0.2) is 0 Å². The van der Waals surface area contributed by atoms with Gasteiger partial charge in [-0.1, -0.05) is 44.0 Å². The predicted molar refractivity (Wildman–Crippen MR) is 83.1 cm³/mol. The van der Waals surface area contributed by atoms with E-state index in [4.69, 9.17) is 23.2 Å². The fourth-order valence-corrected chi connectivity index (χ4v) is 4.99. The minimum atomic E-state index is 0.335. The Kier molecular flexibility index (Phi) is 3.07. The van der Waals surface area contributed by atoms with Gasteiger partial charge in [0, 0.05) is 21.8 Å². The molecule has 3 atom stereocenters. The van der Waals surface area contributed by atoms with Crippen molar-refractivity contribution in [3.63, 3.8) is 0 Å². The van der Waals surface area contributed by atoms with Crippen molar-refractivity contribution in [3.05, 3.63) is 28.2 Å². The van der Waals surface area contributed by atoms with E-state index < -0.39 is 0 Å². The fourth-order valence-electron chi connectivity index (χ4n) is 4.47. The zero-order valence-electron chi connectivity index (χ0n) is 11.8. The van der Waals surface area contributed by atoms with Crippen molar-refractivity contribution < 1.29 is 0 Å². The first kappa shape index (κ1) is 13.6. The molecule has 104 valence electrons. The molecular formula is C16H21Cl2N. The van der Waals surface area contributed by atoms with E-state index in [0.29, 0.717) is 26.9 Å². The molecule has 0 heterocycles. The SMILES string of the molecule is CC12CCC(C1)C(C)(C)C2Nc1cc(Cl)cc(Cl)c1. The molecule has 1 nitrogen and oxygen atoms in total. The number of rotatable bonds is 2. The molecule has 0 spiro atoms. The van der Waals surface area contributed by atoms with Gasteiger partial charge in [-0.2, -0.15) is 0 Å². The minimum Gasteiger partial charge on any atom is -0.381 e. The fraction of sp³-hybridized carbons (Fsp3) is 0.625. The summed E-state index contributed by atoms with van der Waals surface area (Å²) in [5.74, 6) is 0.838. The van der Waals surface area contributed by atoms with Gasteiger partial charge < -0.3 is 5.32 Å². The van der Waals surface area contributed by atoms with Crippen molar-refractivity contribution in [1.29, 1.82) is 0 Å². The normalized spacial score (nSPS) is 35.6. The number of nitrogens with one attached hydrogen (secondary N) is 1. The summed E-state index contributed by atoms with van der Waals surface area (Å²) in [4.78, 5) is 0. The van der Waals surface area contributed by atoms with Gasteiger partial charge in [-0.25, -0.2) is 0 Å². The lowest BCUT2D eigenvalue weighted by Gasteiger charge is -2.43. The number of fused-ring (bicyclic) bond motifs is 2. The van der Waals surface area contributed by atoms with Crippen molar-refractivity contribution in [2.45, 2.75) is 46.1 Å². The monoisotopic (exact) mass is 297 g/mol. The van der Waals surface area contributed by atoms with Crippen LogP contribution >= 0.6 is 23.2 Å². The highest BCUT2D eigenvalue weighted by Gasteiger charge is 2.59. The predicted octanol–water partition coefficient (Wildman–Crippen LogP) is 5.62. The molecule has 0 saturated heterocycles. The lowest BCUT2D eigenvalue weighted by molar-refractivity contribution is 0.155. The summed E-state index contributed by atoms with van der Waals surface area (Å²) >= 11 is 12.2. The maximum Gasteiger partial charge on any atom is 0.0441 e. The molecule has 3 heteroatoms. The van der Waals surface area contributed by atoms with Gasteiger partial charge in [0.1, 0.15) is 0 Å². The summed E-state index contributed by atoms with van der Waals surface area (Å²) in [5.41, 5.74) is 1.79. The van der Waals surface area contributed by atoms with Crippen LogP contribution in [0.1, 0.15) is 40.0 Å². The van der Waals surface area contributed by atoms with Crippen LogP contribution in [0.2, 0.25) is 10.0 Å². The van der Waals surface area contributed by atoms with Gasteiger partial charge in [-0.05, 0) is 54.2 Å². The largest absolute Gasteiger partial charge is 0.381 e. The van der Waals surface area contributed by atoms with Crippen LogP contribution in [-0.4, -0.2) is 6.04 Å². The van der Waals surface area contributed by atoms with E-state index >= 15 is 0 Å². The molecule has 0 aromatic heterocycles. The summed E-state index contributed by atoms with van der Waals surface area (Å²) in [6.45, 7) is 7.21. The molecule has 2 fully saturated rings. The Balaban J connectivity index is 1.90. The molecule has 2 aliphatic carbocycles. The Hall–Kier alpha value is -0.400. The molecule has 0 aliphatic heterocycles. The zero-order valence-corrected chi connectivity index (χ0v) is 13.3. The zero-order chi connectivity index (χ0) is 13.8. The lowest BCUT2D eigenvalue weighted by atomic mass is 9.68. The van der Waals surface area contributed by atoms with Crippen LogP contribution in [0.3, 0.4) is 0 Å². The summed E-state index contributed by atoms with van der Waals surface area (Å²) in [6.07, 6.45) is 4.04. The first-order chi connectivity index (χ1) is 8.81. The minimum absolute atomic E-state index is 0.335. The average Bonchev–Trinajstić information content (AvgIpc) is 2.74. The van der Waals surface area contributed by atoms with E-state index in [-0.39, 0.29) is 0 Å². The smallest absolute Gasteiger partial charge is 0.0441 e. The Morgan fingerprint density at radius 1 is 1.11 bits per heavy atom. The van der Waals surface area contributed by atoms with Gasteiger partial charge >= 0.3 is 0 Å². The summed E-state index contributed by atoms with van der Waals surface area (Å²) in [5, 5.41) is 5.11. The quantitative estimate of drug-likeness (QED) is 0.747. The molecule has 0 radical (unpaired) electrons. The average molecular weight is 298 g/mol. The topological polar surface area (TPSA) is 12.0 Å². The molecule has 3 unspecified atom stereocenters. The third-order valence-electron chi connectivity index (χ3n) is 5.44. The van der Waals surface area contributed by atoms with Crippen molar-refractivity contribution in [1.82, 2.24) is 0 Å². The van der Waals surface area contributed by atoms with Crippen LogP contribution in [-0.2, 0) is 0 Å². The first-order valence-electron chi connectivity index (χ1n) is 7.04. The van der Waals surface area contributed by atoms with Gasteiger partial charge in [0.25, 0.3) is 0 Å². The molecule has 2 saturated carbocycles. The van der Waals surface area contributed by atoms with Crippen molar-refractivity contribution in [2.75, 3.05) is 5.32 Å². The standard InChI is InChI=1S/C16H21Cl2N/c1-15(2)10-4-5-16(3,9-10)14(15)19-13-7-11(17)6-12(18)8-13/h6-8,10,14,19H,4-5,9H2,1-3H3. The third kappa shape index (κ3) is 2.15. The van der Waals surface area contributed by atoms with Crippen molar-refractivity contribution >= 4 is 28.9 Å². The van der Waals surface area contributed by atoms with Crippen molar-refractivity contribution in [3.8, 4) is 0 Å². The van der Waals surface area contributed by atoms with Gasteiger partial charge in [-0.15, -0.1) is 0 Å². The molecule has 19 heavy (non-hydrogen) atoms. The highest BCUT2D eigenvalue weighted by Crippen LogP contribution is 2.63. The molecule has 1 aromatic carbocycles. The second-order valence-corrected chi connectivity index (χ2v) is 8.02. The van der Waals surface area contributed by atoms with E-state index in [1.807, 2.05) is 12.1 Å². The molecule has 2 bridgehead atoms. The van der Waals surface area contributed by atoms with Crippen LogP contribution in [0.15, 0.2) is 18.2 Å². The van der Waals surface area contributed by atoms with E-state index in [9.17, 15) is 0 Å². The number of benzene rings is 1. The maximum absolute atomic E-state index is 6.10. The lowest BCUT2D eigenvalue weighted by Crippen LogP contribution is -2.45. The van der Waals surface area contributed by atoms with E-state index in [1.54, 1.807) is 6.07 Å². The Morgan fingerprint density at radius 2 is 1.74 bits per heavy atom. The van der Waals surface area contributed by atoms with Crippen molar-refractivity contribution in [2.24, 2.45) is 16.7 Å².